The molecule has 0 saturated heterocycles. The highest BCUT2D eigenvalue weighted by molar-refractivity contribution is 7.09. The van der Waals surface area contributed by atoms with Gasteiger partial charge in [0.25, 0.3) is 0 Å². The third-order valence-electron chi connectivity index (χ3n) is 4.94. The lowest BCUT2D eigenvalue weighted by Gasteiger charge is -2.39. The van der Waals surface area contributed by atoms with Gasteiger partial charge in [0.05, 0.1) is 5.51 Å². The second-order valence-electron chi connectivity index (χ2n) is 7.31. The van der Waals surface area contributed by atoms with Crippen LogP contribution in [0.2, 0.25) is 0 Å². The van der Waals surface area contributed by atoms with E-state index in [1.54, 1.807) is 11.3 Å². The van der Waals surface area contributed by atoms with Crippen LogP contribution < -0.4 is 5.32 Å². The average molecular weight is 295 g/mol. The summed E-state index contributed by atoms with van der Waals surface area (Å²) in [5.74, 6) is 1.75. The van der Waals surface area contributed by atoms with E-state index < -0.39 is 0 Å². The van der Waals surface area contributed by atoms with Crippen LogP contribution in [0.5, 0.6) is 0 Å². The summed E-state index contributed by atoms with van der Waals surface area (Å²) in [7, 11) is 0. The van der Waals surface area contributed by atoms with Gasteiger partial charge in [0.1, 0.15) is 0 Å². The first-order valence-electron chi connectivity index (χ1n) is 8.11. The fourth-order valence-electron chi connectivity index (χ4n) is 3.61. The zero-order valence-corrected chi connectivity index (χ0v) is 14.3. The highest BCUT2D eigenvalue weighted by Crippen LogP contribution is 2.41. The number of thiazole rings is 1. The van der Waals surface area contributed by atoms with Crippen molar-refractivity contribution in [2.24, 2.45) is 17.3 Å². The number of rotatable bonds is 5. The van der Waals surface area contributed by atoms with Gasteiger partial charge < -0.3 is 5.32 Å². The largest absolute Gasteiger partial charge is 0.314 e. The van der Waals surface area contributed by atoms with Crippen molar-refractivity contribution in [3.8, 4) is 0 Å². The van der Waals surface area contributed by atoms with Gasteiger partial charge in [-0.05, 0) is 55.9 Å². The predicted octanol–water partition coefficient (Wildman–Crippen LogP) is 4.52. The van der Waals surface area contributed by atoms with Crippen LogP contribution in [-0.2, 0) is 6.42 Å². The van der Waals surface area contributed by atoms with Crippen molar-refractivity contribution in [2.75, 3.05) is 6.54 Å². The summed E-state index contributed by atoms with van der Waals surface area (Å²) in [4.78, 5) is 5.64. The molecule has 1 N–H and O–H groups in total. The van der Waals surface area contributed by atoms with Gasteiger partial charge in [-0.3, -0.25) is 4.98 Å². The first kappa shape index (κ1) is 16.0. The van der Waals surface area contributed by atoms with Crippen LogP contribution in [-0.4, -0.2) is 17.6 Å². The lowest BCUT2D eigenvalue weighted by molar-refractivity contribution is 0.133. The van der Waals surface area contributed by atoms with E-state index in [1.807, 2.05) is 11.7 Å². The Morgan fingerprint density at radius 1 is 1.30 bits per heavy atom. The first-order chi connectivity index (χ1) is 9.50. The molecule has 0 aliphatic heterocycles. The Morgan fingerprint density at radius 2 is 2.00 bits per heavy atom. The molecule has 1 aliphatic carbocycles. The van der Waals surface area contributed by atoms with Crippen molar-refractivity contribution in [2.45, 2.75) is 65.8 Å². The Labute approximate surface area is 128 Å². The van der Waals surface area contributed by atoms with E-state index in [0.717, 1.165) is 24.8 Å². The molecule has 2 rings (SSSR count). The summed E-state index contributed by atoms with van der Waals surface area (Å²) in [5, 5.41) is 3.72. The van der Waals surface area contributed by atoms with E-state index in [1.165, 1.54) is 30.6 Å². The highest BCUT2D eigenvalue weighted by atomic mass is 32.1. The molecule has 1 atom stereocenters. The number of likely N-dealkylation sites (N-methyl/N-ethyl adjacent to an activating group) is 1. The molecule has 1 aliphatic rings. The molecular weight excluding hydrogens is 264 g/mol. The minimum absolute atomic E-state index is 0.482. The fourth-order valence-corrected chi connectivity index (χ4v) is 4.27. The van der Waals surface area contributed by atoms with Gasteiger partial charge in [0, 0.05) is 17.1 Å². The van der Waals surface area contributed by atoms with E-state index in [2.05, 4.69) is 38.0 Å². The third kappa shape index (κ3) is 4.29. The van der Waals surface area contributed by atoms with E-state index in [0.29, 0.717) is 11.5 Å². The first-order valence-corrected chi connectivity index (χ1v) is 8.99. The maximum absolute atomic E-state index is 4.22. The molecule has 0 radical (unpaired) electrons. The molecule has 0 amide bonds. The Hall–Kier alpha value is -0.410. The monoisotopic (exact) mass is 294 g/mol. The van der Waals surface area contributed by atoms with E-state index in [-0.39, 0.29) is 0 Å². The van der Waals surface area contributed by atoms with Crippen LogP contribution in [0, 0.1) is 17.3 Å². The molecule has 114 valence electrons. The molecule has 3 heteroatoms. The maximum Gasteiger partial charge on any atom is 0.0794 e. The normalized spacial score (nSPS) is 25.6. The summed E-state index contributed by atoms with van der Waals surface area (Å²) < 4.78 is 0. The lowest BCUT2D eigenvalue weighted by Crippen LogP contribution is -2.40. The van der Waals surface area contributed by atoms with Gasteiger partial charge in [-0.2, -0.15) is 0 Å². The van der Waals surface area contributed by atoms with Gasteiger partial charge in [0.15, 0.2) is 0 Å². The molecule has 0 bridgehead atoms. The summed E-state index contributed by atoms with van der Waals surface area (Å²) in [6.07, 6.45) is 8.77. The van der Waals surface area contributed by atoms with Crippen molar-refractivity contribution in [1.29, 1.82) is 0 Å². The van der Waals surface area contributed by atoms with Crippen LogP contribution in [0.3, 0.4) is 0 Å². The number of hydrogen-bond acceptors (Lipinski definition) is 3. The topological polar surface area (TPSA) is 24.9 Å². The molecule has 1 aromatic rings. The van der Waals surface area contributed by atoms with Crippen LogP contribution in [0.1, 0.15) is 58.3 Å². The zero-order chi connectivity index (χ0) is 14.6. The lowest BCUT2D eigenvalue weighted by atomic mass is 9.68. The van der Waals surface area contributed by atoms with Crippen LogP contribution >= 0.6 is 11.3 Å². The Morgan fingerprint density at radius 3 is 2.50 bits per heavy atom. The van der Waals surface area contributed by atoms with Crippen molar-refractivity contribution in [1.82, 2.24) is 10.3 Å². The van der Waals surface area contributed by atoms with E-state index in [4.69, 9.17) is 0 Å². The Balaban J connectivity index is 1.91. The molecule has 2 nitrogen and oxygen atoms in total. The van der Waals surface area contributed by atoms with Crippen LogP contribution in [0.25, 0.3) is 0 Å². The van der Waals surface area contributed by atoms with E-state index >= 15 is 0 Å². The van der Waals surface area contributed by atoms with E-state index in [9.17, 15) is 0 Å². The Bertz CT molecular complexity index is 372. The minimum atomic E-state index is 0.482. The smallest absolute Gasteiger partial charge is 0.0794 e. The van der Waals surface area contributed by atoms with Crippen molar-refractivity contribution >= 4 is 11.3 Å². The second kappa shape index (κ2) is 7.04. The number of aromatic nitrogens is 1. The van der Waals surface area contributed by atoms with Gasteiger partial charge in [0.2, 0.25) is 0 Å². The molecule has 1 aromatic heterocycles. The molecule has 0 aromatic carbocycles. The summed E-state index contributed by atoms with van der Waals surface area (Å²) in [6, 6.07) is 0.640. The standard InChI is InChI=1S/C17H30N2S/c1-5-19-16(10-15-11-18-12-20-15)13-6-8-14(9-7-13)17(2,3)4/h11-14,16,19H,5-10H2,1-4H3. The van der Waals surface area contributed by atoms with Gasteiger partial charge in [-0.15, -0.1) is 11.3 Å². The summed E-state index contributed by atoms with van der Waals surface area (Å²) in [6.45, 7) is 10.5. The number of nitrogens with one attached hydrogen (secondary N) is 1. The van der Waals surface area contributed by atoms with Crippen LogP contribution in [0.4, 0.5) is 0 Å². The van der Waals surface area contributed by atoms with Gasteiger partial charge >= 0.3 is 0 Å². The quantitative estimate of drug-likeness (QED) is 0.864. The highest BCUT2D eigenvalue weighted by Gasteiger charge is 2.32. The molecule has 1 fully saturated rings. The number of nitrogens with zero attached hydrogens (tertiary/aromatic N) is 1. The minimum Gasteiger partial charge on any atom is -0.314 e. The zero-order valence-electron chi connectivity index (χ0n) is 13.5. The van der Waals surface area contributed by atoms with Crippen molar-refractivity contribution < 1.29 is 0 Å². The summed E-state index contributed by atoms with van der Waals surface area (Å²) in [5.41, 5.74) is 2.44. The SMILES string of the molecule is CCNC(Cc1cncs1)C1CCC(C(C)(C)C)CC1. The Kier molecular flexibility index (Phi) is 5.62. The second-order valence-corrected chi connectivity index (χ2v) is 8.28. The average Bonchev–Trinajstić information content (AvgIpc) is 2.90. The molecule has 1 heterocycles. The van der Waals surface area contributed by atoms with Crippen LogP contribution in [0.15, 0.2) is 11.7 Å². The molecule has 0 spiro atoms. The summed E-state index contributed by atoms with van der Waals surface area (Å²) >= 11 is 1.79. The van der Waals surface area contributed by atoms with Gasteiger partial charge in [-0.1, -0.05) is 27.7 Å². The maximum atomic E-state index is 4.22. The number of hydrogen-bond donors (Lipinski definition) is 1. The third-order valence-corrected chi connectivity index (χ3v) is 5.74. The van der Waals surface area contributed by atoms with Crippen molar-refractivity contribution in [3.05, 3.63) is 16.6 Å². The fraction of sp³-hybridized carbons (Fsp3) is 0.824. The van der Waals surface area contributed by atoms with Gasteiger partial charge in [-0.25, -0.2) is 0 Å². The molecule has 1 unspecified atom stereocenters. The molecule has 1 saturated carbocycles. The molecular formula is C17H30N2S. The predicted molar refractivity (Wildman–Crippen MR) is 88.2 cm³/mol. The van der Waals surface area contributed by atoms with Crippen molar-refractivity contribution in [3.63, 3.8) is 0 Å². The molecule has 20 heavy (non-hydrogen) atoms.